The number of amides is 2. The molecule has 3 rings (SSSR count). The molecule has 0 bridgehead atoms. The molecule has 1 saturated heterocycles. The highest BCUT2D eigenvalue weighted by atomic mass is 32.2. The zero-order valence-corrected chi connectivity index (χ0v) is 16.5. The van der Waals surface area contributed by atoms with Crippen LogP contribution in [0, 0.1) is 5.92 Å². The molecule has 0 spiro atoms. The van der Waals surface area contributed by atoms with E-state index >= 15 is 0 Å². The highest BCUT2D eigenvalue weighted by molar-refractivity contribution is 7.89. The molecule has 26 heavy (non-hydrogen) atoms. The summed E-state index contributed by atoms with van der Waals surface area (Å²) in [5, 5.41) is 0. The lowest BCUT2D eigenvalue weighted by Crippen LogP contribution is -2.45. The summed E-state index contributed by atoms with van der Waals surface area (Å²) in [5.74, 6) is 0.272. The number of nitrogens with zero attached hydrogens (tertiary/aromatic N) is 2. The lowest BCUT2D eigenvalue weighted by molar-refractivity contribution is 0.148. The van der Waals surface area contributed by atoms with Gasteiger partial charge in [0.05, 0.1) is 4.90 Å². The van der Waals surface area contributed by atoms with E-state index < -0.39 is 10.0 Å². The number of fused-ring (bicyclic) bond motifs is 1. The van der Waals surface area contributed by atoms with E-state index in [9.17, 15) is 13.2 Å². The van der Waals surface area contributed by atoms with Gasteiger partial charge in [0.1, 0.15) is 0 Å². The van der Waals surface area contributed by atoms with Crippen molar-refractivity contribution in [2.75, 3.05) is 33.7 Å². The van der Waals surface area contributed by atoms with Gasteiger partial charge in [-0.05, 0) is 67.7 Å². The average Bonchev–Trinajstić information content (AvgIpc) is 2.65. The maximum absolute atomic E-state index is 12.6. The highest BCUT2D eigenvalue weighted by Crippen LogP contribution is 2.24. The second-order valence-electron chi connectivity index (χ2n) is 7.60. The standard InChI is InChI=1S/C19H29N3O3S/c1-21(2)19(23)22-11-9-15(10-12-22)14-20-26(24,25)18-8-7-16-5-3-4-6-17(16)13-18/h7-8,13,15,20H,3-6,9-12,14H2,1-2H3. The third-order valence-corrected chi connectivity index (χ3v) is 6.88. The Morgan fingerprint density at radius 2 is 1.81 bits per heavy atom. The monoisotopic (exact) mass is 379 g/mol. The maximum Gasteiger partial charge on any atom is 0.319 e. The molecule has 0 unspecified atom stereocenters. The fraction of sp³-hybridized carbons (Fsp3) is 0.632. The molecule has 1 N–H and O–H groups in total. The number of hydrogen-bond donors (Lipinski definition) is 1. The van der Waals surface area contributed by atoms with Crippen LogP contribution in [0.5, 0.6) is 0 Å². The number of carbonyl (C=O) groups excluding carboxylic acids is 1. The molecular formula is C19H29N3O3S. The Morgan fingerprint density at radius 1 is 1.15 bits per heavy atom. The maximum atomic E-state index is 12.6. The van der Waals surface area contributed by atoms with Crippen molar-refractivity contribution in [2.45, 2.75) is 43.4 Å². The smallest absolute Gasteiger partial charge is 0.319 e. The number of hydrogen-bond acceptors (Lipinski definition) is 3. The van der Waals surface area contributed by atoms with Crippen LogP contribution >= 0.6 is 0 Å². The number of carbonyl (C=O) groups is 1. The number of piperidine rings is 1. The molecule has 0 aromatic heterocycles. The summed E-state index contributed by atoms with van der Waals surface area (Å²) in [4.78, 5) is 15.7. The van der Waals surface area contributed by atoms with Crippen molar-refractivity contribution < 1.29 is 13.2 Å². The third-order valence-electron chi connectivity index (χ3n) is 5.46. The third kappa shape index (κ3) is 4.38. The van der Waals surface area contributed by atoms with Crippen molar-refractivity contribution in [3.05, 3.63) is 29.3 Å². The Bertz CT molecular complexity index is 753. The number of aryl methyl sites for hydroxylation is 2. The minimum absolute atomic E-state index is 0.0260. The lowest BCUT2D eigenvalue weighted by atomic mass is 9.92. The molecular weight excluding hydrogens is 350 g/mol. The lowest BCUT2D eigenvalue weighted by Gasteiger charge is -2.33. The van der Waals surface area contributed by atoms with Crippen molar-refractivity contribution in [1.29, 1.82) is 0 Å². The second-order valence-corrected chi connectivity index (χ2v) is 9.36. The normalized spacial score (nSPS) is 18.5. The first-order valence-corrected chi connectivity index (χ1v) is 10.9. The van der Waals surface area contributed by atoms with Crippen molar-refractivity contribution in [1.82, 2.24) is 14.5 Å². The van der Waals surface area contributed by atoms with Gasteiger partial charge >= 0.3 is 6.03 Å². The molecule has 2 aliphatic rings. The molecule has 1 fully saturated rings. The van der Waals surface area contributed by atoms with Gasteiger partial charge in [-0.1, -0.05) is 6.07 Å². The van der Waals surface area contributed by atoms with Gasteiger partial charge < -0.3 is 9.80 Å². The topological polar surface area (TPSA) is 69.7 Å². The zero-order chi connectivity index (χ0) is 18.7. The fourth-order valence-corrected chi connectivity index (χ4v) is 4.97. The van der Waals surface area contributed by atoms with Gasteiger partial charge in [-0.25, -0.2) is 17.9 Å². The first-order chi connectivity index (χ1) is 12.4. The summed E-state index contributed by atoms with van der Waals surface area (Å²) in [6.45, 7) is 1.80. The second kappa shape index (κ2) is 7.96. The van der Waals surface area contributed by atoms with E-state index in [-0.39, 0.29) is 11.9 Å². The fourth-order valence-electron chi connectivity index (χ4n) is 3.80. The minimum Gasteiger partial charge on any atom is -0.331 e. The van der Waals surface area contributed by atoms with Gasteiger partial charge in [0.25, 0.3) is 0 Å². The number of sulfonamides is 1. The van der Waals surface area contributed by atoms with Gasteiger partial charge in [-0.15, -0.1) is 0 Å². The van der Waals surface area contributed by atoms with Gasteiger partial charge in [-0.2, -0.15) is 0 Å². The summed E-state index contributed by atoms with van der Waals surface area (Å²) in [7, 11) is 0.0270. The van der Waals surface area contributed by atoms with Crippen molar-refractivity contribution in [2.24, 2.45) is 5.92 Å². The van der Waals surface area contributed by atoms with Crippen LogP contribution in [0.2, 0.25) is 0 Å². The van der Waals surface area contributed by atoms with E-state index in [1.54, 1.807) is 25.1 Å². The first kappa shape index (κ1) is 19.2. The number of benzene rings is 1. The Balaban J connectivity index is 1.55. The van der Waals surface area contributed by atoms with E-state index in [0.29, 0.717) is 24.5 Å². The molecule has 0 radical (unpaired) electrons. The van der Waals surface area contributed by atoms with E-state index in [4.69, 9.17) is 0 Å². The van der Waals surface area contributed by atoms with Gasteiger partial charge in [0.2, 0.25) is 10.0 Å². The summed E-state index contributed by atoms with van der Waals surface area (Å²) in [6, 6.07) is 5.56. The van der Waals surface area contributed by atoms with Crippen molar-refractivity contribution in [3.8, 4) is 0 Å². The van der Waals surface area contributed by atoms with Gasteiger partial charge in [0.15, 0.2) is 0 Å². The molecule has 7 heteroatoms. The quantitative estimate of drug-likeness (QED) is 0.872. The molecule has 144 valence electrons. The van der Waals surface area contributed by atoms with Crippen LogP contribution in [0.15, 0.2) is 23.1 Å². The van der Waals surface area contributed by atoms with Crippen LogP contribution in [-0.4, -0.2) is 58.0 Å². The van der Waals surface area contributed by atoms with Crippen LogP contribution in [0.3, 0.4) is 0 Å². The summed E-state index contributed by atoms with van der Waals surface area (Å²) in [5.41, 5.74) is 2.46. The molecule has 1 aliphatic heterocycles. The molecule has 1 aromatic carbocycles. The van der Waals surface area contributed by atoms with Crippen LogP contribution < -0.4 is 4.72 Å². The van der Waals surface area contributed by atoms with E-state index in [1.165, 1.54) is 17.5 Å². The molecule has 0 saturated carbocycles. The van der Waals surface area contributed by atoms with Crippen molar-refractivity contribution >= 4 is 16.1 Å². The van der Waals surface area contributed by atoms with E-state index in [0.717, 1.165) is 32.1 Å². The van der Waals surface area contributed by atoms with Crippen LogP contribution in [-0.2, 0) is 22.9 Å². The molecule has 1 aliphatic carbocycles. The summed E-state index contributed by atoms with van der Waals surface area (Å²) < 4.78 is 28.1. The molecule has 6 nitrogen and oxygen atoms in total. The van der Waals surface area contributed by atoms with Crippen LogP contribution in [0.25, 0.3) is 0 Å². The number of likely N-dealkylation sites (tertiary alicyclic amines) is 1. The first-order valence-electron chi connectivity index (χ1n) is 9.44. The van der Waals surface area contributed by atoms with Crippen molar-refractivity contribution in [3.63, 3.8) is 0 Å². The minimum atomic E-state index is -3.48. The summed E-state index contributed by atoms with van der Waals surface area (Å²) >= 11 is 0. The largest absolute Gasteiger partial charge is 0.331 e. The highest BCUT2D eigenvalue weighted by Gasteiger charge is 2.25. The van der Waals surface area contributed by atoms with Crippen LogP contribution in [0.4, 0.5) is 4.79 Å². The SMILES string of the molecule is CN(C)C(=O)N1CCC(CNS(=O)(=O)c2ccc3c(c2)CCCC3)CC1. The molecule has 0 atom stereocenters. The Kier molecular flexibility index (Phi) is 5.87. The Labute approximate surface area is 156 Å². The summed E-state index contributed by atoms with van der Waals surface area (Å²) in [6.07, 6.45) is 5.99. The number of nitrogens with one attached hydrogen (secondary N) is 1. The molecule has 1 aromatic rings. The number of rotatable bonds is 4. The molecule has 2 amide bonds. The predicted molar refractivity (Wildman–Crippen MR) is 102 cm³/mol. The number of urea groups is 1. The van der Waals surface area contributed by atoms with E-state index in [2.05, 4.69) is 4.72 Å². The molecule has 1 heterocycles. The average molecular weight is 380 g/mol. The van der Waals surface area contributed by atoms with Crippen LogP contribution in [0.1, 0.15) is 36.8 Å². The zero-order valence-electron chi connectivity index (χ0n) is 15.7. The van der Waals surface area contributed by atoms with E-state index in [1.807, 2.05) is 17.0 Å². The predicted octanol–water partition coefficient (Wildman–Crippen LogP) is 2.24. The van der Waals surface area contributed by atoms with Gasteiger partial charge in [-0.3, -0.25) is 0 Å². The Hall–Kier alpha value is -1.60. The van der Waals surface area contributed by atoms with Gasteiger partial charge in [0, 0.05) is 33.7 Å². The Morgan fingerprint density at radius 3 is 2.46 bits per heavy atom.